The quantitative estimate of drug-likeness (QED) is 0.731. The van der Waals surface area contributed by atoms with Gasteiger partial charge in [0.1, 0.15) is 5.52 Å². The van der Waals surface area contributed by atoms with Crippen LogP contribution in [0.3, 0.4) is 0 Å². The highest BCUT2D eigenvalue weighted by Crippen LogP contribution is 2.10. The van der Waals surface area contributed by atoms with Crippen LogP contribution in [0.2, 0.25) is 0 Å². The average molecular weight is 161 g/mol. The molecule has 0 aliphatic carbocycles. The van der Waals surface area contributed by atoms with Crippen LogP contribution in [0.4, 0.5) is 0 Å². The summed E-state index contributed by atoms with van der Waals surface area (Å²) >= 11 is 0. The van der Waals surface area contributed by atoms with Gasteiger partial charge in [0.2, 0.25) is 0 Å². The van der Waals surface area contributed by atoms with Gasteiger partial charge in [-0.05, 0) is 12.5 Å². The highest BCUT2D eigenvalue weighted by molar-refractivity contribution is 5.70. The number of aromatic nitrogens is 3. The summed E-state index contributed by atoms with van der Waals surface area (Å²) in [6, 6.07) is 2.06. The average Bonchev–Trinajstić information content (AvgIpc) is 2.47. The zero-order valence-corrected chi connectivity index (χ0v) is 7.04. The van der Waals surface area contributed by atoms with Crippen molar-refractivity contribution in [3.63, 3.8) is 0 Å². The van der Waals surface area contributed by atoms with Gasteiger partial charge in [0, 0.05) is 18.1 Å². The monoisotopic (exact) mass is 161 g/mol. The van der Waals surface area contributed by atoms with Crippen molar-refractivity contribution in [3.8, 4) is 0 Å². The summed E-state index contributed by atoms with van der Waals surface area (Å²) in [5, 5.41) is 0. The summed E-state index contributed by atoms with van der Waals surface area (Å²) in [4.78, 5) is 11.6. The van der Waals surface area contributed by atoms with E-state index in [0.29, 0.717) is 0 Å². The van der Waals surface area contributed by atoms with Crippen LogP contribution in [-0.4, -0.2) is 15.0 Å². The van der Waals surface area contributed by atoms with Crippen LogP contribution in [-0.2, 0) is 6.42 Å². The molecule has 0 radical (unpaired) electrons. The molecule has 0 aliphatic rings. The second kappa shape index (κ2) is 2.93. The van der Waals surface area contributed by atoms with E-state index in [4.69, 9.17) is 0 Å². The van der Waals surface area contributed by atoms with E-state index in [0.717, 1.165) is 24.0 Å². The molecule has 2 heterocycles. The summed E-state index contributed by atoms with van der Waals surface area (Å²) in [5.41, 5.74) is 3.07. The number of aryl methyl sites for hydroxylation is 1. The Bertz CT molecular complexity index is 345. The molecule has 0 saturated carbocycles. The first-order valence-corrected chi connectivity index (χ1v) is 4.18. The van der Waals surface area contributed by atoms with E-state index in [-0.39, 0.29) is 0 Å². The molecule has 0 aliphatic heterocycles. The molecule has 0 unspecified atom stereocenters. The molecular formula is C9H11N3. The SMILES string of the molecule is CCCc1cc2nccnc2[nH]1. The third-order valence-electron chi connectivity index (χ3n) is 1.84. The highest BCUT2D eigenvalue weighted by atomic mass is 14.9. The second-order valence-electron chi connectivity index (χ2n) is 2.83. The molecule has 3 nitrogen and oxygen atoms in total. The van der Waals surface area contributed by atoms with Crippen LogP contribution in [0.25, 0.3) is 11.2 Å². The van der Waals surface area contributed by atoms with Crippen molar-refractivity contribution in [1.29, 1.82) is 0 Å². The van der Waals surface area contributed by atoms with Crippen LogP contribution in [0.1, 0.15) is 19.0 Å². The van der Waals surface area contributed by atoms with Gasteiger partial charge in [0.05, 0.1) is 0 Å². The Kier molecular flexibility index (Phi) is 1.78. The van der Waals surface area contributed by atoms with E-state index in [1.807, 2.05) is 0 Å². The lowest BCUT2D eigenvalue weighted by Crippen LogP contribution is -1.81. The highest BCUT2D eigenvalue weighted by Gasteiger charge is 1.99. The molecule has 0 spiro atoms. The third-order valence-corrected chi connectivity index (χ3v) is 1.84. The Hall–Kier alpha value is -1.38. The van der Waals surface area contributed by atoms with Gasteiger partial charge in [-0.3, -0.25) is 4.98 Å². The zero-order chi connectivity index (χ0) is 8.39. The van der Waals surface area contributed by atoms with Crippen molar-refractivity contribution in [2.24, 2.45) is 0 Å². The molecule has 0 aromatic carbocycles. The topological polar surface area (TPSA) is 41.6 Å². The van der Waals surface area contributed by atoms with Gasteiger partial charge in [0.15, 0.2) is 5.65 Å². The fraction of sp³-hybridized carbons (Fsp3) is 0.333. The Morgan fingerprint density at radius 1 is 1.33 bits per heavy atom. The molecule has 2 rings (SSSR count). The maximum atomic E-state index is 4.19. The molecule has 2 aromatic rings. The molecule has 0 fully saturated rings. The van der Waals surface area contributed by atoms with Crippen molar-refractivity contribution in [1.82, 2.24) is 15.0 Å². The molecule has 2 aromatic heterocycles. The molecule has 3 heteroatoms. The predicted molar refractivity (Wildman–Crippen MR) is 47.9 cm³/mol. The largest absolute Gasteiger partial charge is 0.342 e. The summed E-state index contributed by atoms with van der Waals surface area (Å²) in [6.07, 6.45) is 5.63. The van der Waals surface area contributed by atoms with Gasteiger partial charge in [-0.15, -0.1) is 0 Å². The minimum atomic E-state index is 0.890. The molecule has 0 atom stereocenters. The number of hydrogen-bond acceptors (Lipinski definition) is 2. The Labute approximate surface area is 70.9 Å². The smallest absolute Gasteiger partial charge is 0.156 e. The minimum Gasteiger partial charge on any atom is -0.342 e. The molecule has 12 heavy (non-hydrogen) atoms. The predicted octanol–water partition coefficient (Wildman–Crippen LogP) is 1.91. The van der Waals surface area contributed by atoms with Crippen molar-refractivity contribution in [3.05, 3.63) is 24.2 Å². The van der Waals surface area contributed by atoms with Crippen molar-refractivity contribution in [2.45, 2.75) is 19.8 Å². The third kappa shape index (κ3) is 1.18. The van der Waals surface area contributed by atoms with Crippen LogP contribution in [0, 0.1) is 0 Å². The minimum absolute atomic E-state index is 0.890. The summed E-state index contributed by atoms with van der Waals surface area (Å²) in [7, 11) is 0. The van der Waals surface area contributed by atoms with Gasteiger partial charge in [-0.25, -0.2) is 4.98 Å². The standard InChI is InChI=1S/C9H11N3/c1-2-3-7-6-8-9(12-7)11-5-4-10-8/h4-6H,2-3H2,1H3,(H,11,12). The number of fused-ring (bicyclic) bond motifs is 1. The number of H-pyrrole nitrogens is 1. The molecule has 0 bridgehead atoms. The van der Waals surface area contributed by atoms with Crippen LogP contribution < -0.4 is 0 Å². The van der Waals surface area contributed by atoms with Crippen LogP contribution in [0.5, 0.6) is 0 Å². The second-order valence-corrected chi connectivity index (χ2v) is 2.83. The fourth-order valence-corrected chi connectivity index (χ4v) is 1.31. The number of hydrogen-bond donors (Lipinski definition) is 1. The van der Waals surface area contributed by atoms with Crippen LogP contribution in [0.15, 0.2) is 18.5 Å². The van der Waals surface area contributed by atoms with E-state index in [1.165, 1.54) is 5.69 Å². The summed E-state index contributed by atoms with van der Waals surface area (Å²) < 4.78 is 0. The first-order chi connectivity index (χ1) is 5.90. The van der Waals surface area contributed by atoms with E-state index >= 15 is 0 Å². The maximum absolute atomic E-state index is 4.19. The zero-order valence-electron chi connectivity index (χ0n) is 7.04. The number of aromatic amines is 1. The summed E-state index contributed by atoms with van der Waals surface area (Å²) in [6.45, 7) is 2.16. The lowest BCUT2D eigenvalue weighted by molar-refractivity contribution is 0.895. The van der Waals surface area contributed by atoms with Gasteiger partial charge in [0.25, 0.3) is 0 Å². The first-order valence-electron chi connectivity index (χ1n) is 4.18. The van der Waals surface area contributed by atoms with Crippen molar-refractivity contribution >= 4 is 11.2 Å². The molecule has 1 N–H and O–H groups in total. The molecule has 62 valence electrons. The van der Waals surface area contributed by atoms with Crippen LogP contribution >= 0.6 is 0 Å². The Morgan fingerprint density at radius 3 is 2.92 bits per heavy atom. The van der Waals surface area contributed by atoms with E-state index in [1.54, 1.807) is 12.4 Å². The number of nitrogens with one attached hydrogen (secondary N) is 1. The lowest BCUT2D eigenvalue weighted by Gasteiger charge is -1.88. The van der Waals surface area contributed by atoms with E-state index < -0.39 is 0 Å². The van der Waals surface area contributed by atoms with Gasteiger partial charge in [-0.2, -0.15) is 0 Å². The van der Waals surface area contributed by atoms with E-state index in [9.17, 15) is 0 Å². The number of nitrogens with zero attached hydrogens (tertiary/aromatic N) is 2. The normalized spacial score (nSPS) is 10.8. The maximum Gasteiger partial charge on any atom is 0.156 e. The Morgan fingerprint density at radius 2 is 2.17 bits per heavy atom. The van der Waals surface area contributed by atoms with Gasteiger partial charge in [-0.1, -0.05) is 13.3 Å². The van der Waals surface area contributed by atoms with Crippen molar-refractivity contribution in [2.75, 3.05) is 0 Å². The lowest BCUT2D eigenvalue weighted by atomic mass is 10.2. The molecular weight excluding hydrogens is 150 g/mol. The summed E-state index contributed by atoms with van der Waals surface area (Å²) in [5.74, 6) is 0. The molecule has 0 saturated heterocycles. The Balaban J connectivity index is 2.47. The first kappa shape index (κ1) is 7.28. The fourth-order valence-electron chi connectivity index (χ4n) is 1.31. The van der Waals surface area contributed by atoms with Crippen molar-refractivity contribution < 1.29 is 0 Å². The molecule has 0 amide bonds. The number of rotatable bonds is 2. The van der Waals surface area contributed by atoms with E-state index in [2.05, 4.69) is 27.9 Å². The van der Waals surface area contributed by atoms with Gasteiger partial charge >= 0.3 is 0 Å². The van der Waals surface area contributed by atoms with Gasteiger partial charge < -0.3 is 4.98 Å².